The first-order chi connectivity index (χ1) is 17.1. The predicted molar refractivity (Wildman–Crippen MR) is 135 cm³/mol. The first-order valence-electron chi connectivity index (χ1n) is 11.2. The summed E-state index contributed by atoms with van der Waals surface area (Å²) in [5.41, 5.74) is 6.42. The van der Waals surface area contributed by atoms with E-state index in [9.17, 15) is 9.18 Å². The third-order valence-electron chi connectivity index (χ3n) is 6.03. The van der Waals surface area contributed by atoms with Crippen molar-refractivity contribution in [3.63, 3.8) is 0 Å². The monoisotopic (exact) mass is 461 g/mol. The second-order valence-electron chi connectivity index (χ2n) is 8.28. The summed E-state index contributed by atoms with van der Waals surface area (Å²) in [6.45, 7) is 1.88. The minimum atomic E-state index is -0.303. The molecule has 0 spiro atoms. The number of hydrogen-bond acceptors (Lipinski definition) is 3. The molecule has 6 nitrogen and oxygen atoms in total. The van der Waals surface area contributed by atoms with Crippen LogP contribution in [-0.4, -0.2) is 25.0 Å². The van der Waals surface area contributed by atoms with Crippen LogP contribution >= 0.6 is 0 Å². The van der Waals surface area contributed by atoms with Gasteiger partial charge in [0.1, 0.15) is 18.0 Å². The van der Waals surface area contributed by atoms with Gasteiger partial charge in [0, 0.05) is 22.6 Å². The molecule has 4 aromatic carbocycles. The lowest BCUT2D eigenvalue weighted by molar-refractivity contribution is 0.102. The molecule has 1 N–H and O–H groups in total. The molecule has 1 amide bonds. The topological polar surface area (TPSA) is 64.7 Å². The first kappa shape index (κ1) is 20.8. The zero-order chi connectivity index (χ0) is 23.9. The van der Waals surface area contributed by atoms with Crippen molar-refractivity contribution in [2.24, 2.45) is 0 Å². The molecular formula is C28H20FN5O. The van der Waals surface area contributed by atoms with Crippen LogP contribution in [-0.2, 0) is 0 Å². The highest BCUT2D eigenvalue weighted by molar-refractivity contribution is 6.06. The Labute approximate surface area is 200 Å². The van der Waals surface area contributed by atoms with Crippen LogP contribution in [0.1, 0.15) is 16.2 Å². The molecule has 6 rings (SSSR count). The molecule has 2 aromatic heterocycles. The van der Waals surface area contributed by atoms with Gasteiger partial charge in [-0.25, -0.2) is 14.4 Å². The summed E-state index contributed by atoms with van der Waals surface area (Å²) in [7, 11) is 0. The fourth-order valence-corrected chi connectivity index (χ4v) is 4.33. The van der Waals surface area contributed by atoms with E-state index in [4.69, 9.17) is 0 Å². The zero-order valence-corrected chi connectivity index (χ0v) is 18.8. The summed E-state index contributed by atoms with van der Waals surface area (Å²) >= 11 is 0. The first-order valence-corrected chi connectivity index (χ1v) is 11.2. The van der Waals surface area contributed by atoms with E-state index >= 15 is 0 Å². The van der Waals surface area contributed by atoms with Gasteiger partial charge in [0.15, 0.2) is 0 Å². The van der Waals surface area contributed by atoms with Gasteiger partial charge in [-0.2, -0.15) is 0 Å². The average molecular weight is 462 g/mol. The molecule has 0 saturated carbocycles. The van der Waals surface area contributed by atoms with Crippen molar-refractivity contribution in [1.29, 1.82) is 0 Å². The highest BCUT2D eigenvalue weighted by Crippen LogP contribution is 2.24. The van der Waals surface area contributed by atoms with Crippen molar-refractivity contribution in [1.82, 2.24) is 19.1 Å². The number of benzene rings is 4. The second kappa shape index (κ2) is 8.22. The number of aryl methyl sites for hydroxylation is 1. The smallest absolute Gasteiger partial charge is 0.255 e. The predicted octanol–water partition coefficient (Wildman–Crippen LogP) is 6.06. The number of para-hydroxylation sites is 2. The molecule has 0 radical (unpaired) electrons. The Hall–Kier alpha value is -4.78. The lowest BCUT2D eigenvalue weighted by Crippen LogP contribution is -2.12. The third-order valence-corrected chi connectivity index (χ3v) is 6.03. The normalized spacial score (nSPS) is 11.3. The number of fused-ring (bicyclic) bond motifs is 2. The number of imidazole rings is 2. The van der Waals surface area contributed by atoms with Crippen molar-refractivity contribution in [3.8, 4) is 11.4 Å². The van der Waals surface area contributed by atoms with Crippen LogP contribution in [0.15, 0.2) is 97.3 Å². The van der Waals surface area contributed by atoms with Crippen LogP contribution < -0.4 is 5.32 Å². The molecular weight excluding hydrogens is 441 g/mol. The van der Waals surface area contributed by atoms with Crippen molar-refractivity contribution in [2.45, 2.75) is 6.92 Å². The van der Waals surface area contributed by atoms with Crippen molar-refractivity contribution in [2.75, 3.05) is 5.32 Å². The van der Waals surface area contributed by atoms with Gasteiger partial charge in [-0.3, -0.25) is 13.9 Å². The number of rotatable bonds is 4. The number of nitrogens with one attached hydrogen (secondary N) is 1. The Bertz CT molecular complexity index is 1700. The molecule has 170 valence electrons. The standard InChI is InChI=1S/C28H20FN5O/c1-18-31-25-15-6-19(16-27(25)34(18)23-11-7-20(29)8-12-23)28(35)32-21-9-13-22(14-10-21)33-17-30-24-4-2-3-5-26(24)33/h2-17H,1H3,(H,32,35). The maximum atomic E-state index is 13.4. The summed E-state index contributed by atoms with van der Waals surface area (Å²) in [5, 5.41) is 2.96. The number of halogens is 1. The Balaban J connectivity index is 1.28. The molecule has 0 saturated heterocycles. The van der Waals surface area contributed by atoms with Crippen LogP contribution in [0.5, 0.6) is 0 Å². The molecule has 0 atom stereocenters. The van der Waals surface area contributed by atoms with Gasteiger partial charge in [-0.1, -0.05) is 12.1 Å². The summed E-state index contributed by atoms with van der Waals surface area (Å²) in [6.07, 6.45) is 1.79. The molecule has 0 bridgehead atoms. The van der Waals surface area contributed by atoms with E-state index in [0.29, 0.717) is 11.3 Å². The Morgan fingerprint density at radius 2 is 1.57 bits per heavy atom. The van der Waals surface area contributed by atoms with Crippen LogP contribution in [0.25, 0.3) is 33.4 Å². The maximum absolute atomic E-state index is 13.4. The van der Waals surface area contributed by atoms with Gasteiger partial charge in [-0.15, -0.1) is 0 Å². The highest BCUT2D eigenvalue weighted by Gasteiger charge is 2.14. The largest absolute Gasteiger partial charge is 0.322 e. The summed E-state index contributed by atoms with van der Waals surface area (Å²) in [4.78, 5) is 22.1. The van der Waals surface area contributed by atoms with Crippen molar-refractivity contribution < 1.29 is 9.18 Å². The minimum absolute atomic E-state index is 0.225. The summed E-state index contributed by atoms with van der Waals surface area (Å²) in [6, 6.07) is 27.2. The molecule has 0 aliphatic rings. The summed E-state index contributed by atoms with van der Waals surface area (Å²) < 4.78 is 17.3. The molecule has 35 heavy (non-hydrogen) atoms. The van der Waals surface area contributed by atoms with E-state index < -0.39 is 0 Å². The van der Waals surface area contributed by atoms with E-state index in [1.54, 1.807) is 30.6 Å². The van der Waals surface area contributed by atoms with E-state index in [0.717, 1.165) is 39.3 Å². The highest BCUT2D eigenvalue weighted by atomic mass is 19.1. The number of hydrogen-bond donors (Lipinski definition) is 1. The van der Waals surface area contributed by atoms with Crippen molar-refractivity contribution >= 4 is 33.7 Å². The van der Waals surface area contributed by atoms with Gasteiger partial charge in [-0.05, 0) is 85.8 Å². The fourth-order valence-electron chi connectivity index (χ4n) is 4.33. The summed E-state index contributed by atoms with van der Waals surface area (Å²) in [5.74, 6) is 0.229. The fraction of sp³-hybridized carbons (Fsp3) is 0.0357. The van der Waals surface area contributed by atoms with Crippen molar-refractivity contribution in [3.05, 3.63) is 115 Å². The molecule has 2 heterocycles. The van der Waals surface area contributed by atoms with E-state index in [-0.39, 0.29) is 11.7 Å². The van der Waals surface area contributed by atoms with Crippen LogP contribution in [0.2, 0.25) is 0 Å². The van der Waals surface area contributed by atoms with Gasteiger partial charge in [0.2, 0.25) is 0 Å². The molecule has 7 heteroatoms. The zero-order valence-electron chi connectivity index (χ0n) is 18.8. The van der Waals surface area contributed by atoms with Gasteiger partial charge in [0.05, 0.1) is 22.1 Å². The number of carbonyl (C=O) groups is 1. The van der Waals surface area contributed by atoms with Gasteiger partial charge >= 0.3 is 0 Å². The van der Waals surface area contributed by atoms with Gasteiger partial charge in [0.25, 0.3) is 5.91 Å². The molecule has 0 unspecified atom stereocenters. The average Bonchev–Trinajstić information content (AvgIpc) is 3.45. The Morgan fingerprint density at radius 3 is 2.37 bits per heavy atom. The third kappa shape index (κ3) is 3.73. The quantitative estimate of drug-likeness (QED) is 0.347. The number of nitrogens with zero attached hydrogens (tertiary/aromatic N) is 4. The number of amides is 1. The second-order valence-corrected chi connectivity index (χ2v) is 8.28. The number of carbonyl (C=O) groups excluding carboxylic acids is 1. The van der Waals surface area contributed by atoms with Crippen LogP contribution in [0.4, 0.5) is 10.1 Å². The molecule has 6 aromatic rings. The van der Waals surface area contributed by atoms with Crippen LogP contribution in [0, 0.1) is 12.7 Å². The molecule has 0 fully saturated rings. The number of anilines is 1. The lowest BCUT2D eigenvalue weighted by Gasteiger charge is -2.10. The maximum Gasteiger partial charge on any atom is 0.255 e. The van der Waals surface area contributed by atoms with E-state index in [1.807, 2.05) is 70.7 Å². The Kier molecular flexibility index (Phi) is 4.88. The number of aromatic nitrogens is 4. The lowest BCUT2D eigenvalue weighted by atomic mass is 10.1. The SMILES string of the molecule is Cc1nc2ccc(C(=O)Nc3ccc(-n4cnc5ccccc54)cc3)cc2n1-c1ccc(F)cc1. The minimum Gasteiger partial charge on any atom is -0.322 e. The van der Waals surface area contributed by atoms with E-state index in [1.165, 1.54) is 12.1 Å². The van der Waals surface area contributed by atoms with E-state index in [2.05, 4.69) is 15.3 Å². The van der Waals surface area contributed by atoms with Crippen LogP contribution in [0.3, 0.4) is 0 Å². The van der Waals surface area contributed by atoms with Gasteiger partial charge < -0.3 is 5.32 Å². The Morgan fingerprint density at radius 1 is 0.829 bits per heavy atom. The molecule has 0 aliphatic heterocycles. The molecule has 0 aliphatic carbocycles.